The minimum Gasteiger partial charge on any atom is -0.392 e. The maximum absolute atomic E-state index is 13.1. The highest BCUT2D eigenvalue weighted by Crippen LogP contribution is 2.34. The number of pyridine rings is 1. The molecule has 3 heterocycles. The molecular formula is C23H30N4O3. The van der Waals surface area contributed by atoms with Crippen LogP contribution in [-0.4, -0.2) is 53.7 Å². The summed E-state index contributed by atoms with van der Waals surface area (Å²) in [5.41, 5.74) is 2.75. The second-order valence-corrected chi connectivity index (χ2v) is 8.41. The number of likely N-dealkylation sites (N-methyl/N-ethyl adjacent to an activating group) is 1. The fourth-order valence-corrected chi connectivity index (χ4v) is 4.79. The molecule has 2 aliphatic heterocycles. The van der Waals surface area contributed by atoms with Crippen LogP contribution in [0.1, 0.15) is 39.5 Å². The minimum atomic E-state index is -0.351. The second kappa shape index (κ2) is 9.12. The summed E-state index contributed by atoms with van der Waals surface area (Å²) in [6.45, 7) is 4.91. The summed E-state index contributed by atoms with van der Waals surface area (Å²) in [7, 11) is 1.97. The van der Waals surface area contributed by atoms with E-state index in [0.29, 0.717) is 24.9 Å². The zero-order valence-electron chi connectivity index (χ0n) is 17.4. The monoisotopic (exact) mass is 410 g/mol. The van der Waals surface area contributed by atoms with E-state index in [0.717, 1.165) is 49.4 Å². The molecule has 0 saturated carbocycles. The lowest BCUT2D eigenvalue weighted by atomic mass is 9.83. The van der Waals surface area contributed by atoms with E-state index in [1.54, 1.807) is 6.07 Å². The predicted octanol–water partition coefficient (Wildman–Crippen LogP) is 0.909. The van der Waals surface area contributed by atoms with Crippen LogP contribution in [0.5, 0.6) is 0 Å². The number of carbonyl (C=O) groups is 1. The van der Waals surface area contributed by atoms with E-state index >= 15 is 0 Å². The molecule has 2 aliphatic rings. The van der Waals surface area contributed by atoms with Crippen LogP contribution >= 0.6 is 0 Å². The molecule has 2 aromatic rings. The number of benzene rings is 1. The van der Waals surface area contributed by atoms with Crippen LogP contribution in [0.2, 0.25) is 0 Å². The zero-order valence-corrected chi connectivity index (χ0v) is 17.4. The zero-order chi connectivity index (χ0) is 21.1. The SMILES string of the molecule is CNCCN1C[C@@H]2C[C@H](C1)c1ccc(C(=O)NCc3cccc(CO)c3)c(=O)n1C2. The number of fused-ring (bicyclic) bond motifs is 4. The van der Waals surface area contributed by atoms with Gasteiger partial charge in [-0.2, -0.15) is 0 Å². The maximum Gasteiger partial charge on any atom is 0.263 e. The van der Waals surface area contributed by atoms with Crippen molar-refractivity contribution in [1.82, 2.24) is 20.1 Å². The Kier molecular flexibility index (Phi) is 6.32. The van der Waals surface area contributed by atoms with Crippen molar-refractivity contribution in [2.75, 3.05) is 33.2 Å². The summed E-state index contributed by atoms with van der Waals surface area (Å²) in [5, 5.41) is 15.3. The first-order valence-electron chi connectivity index (χ1n) is 10.7. The van der Waals surface area contributed by atoms with Crippen LogP contribution in [-0.2, 0) is 19.7 Å². The molecule has 0 aliphatic carbocycles. The first-order valence-corrected chi connectivity index (χ1v) is 10.7. The lowest BCUT2D eigenvalue weighted by molar-refractivity contribution is 0.0945. The molecule has 0 spiro atoms. The fourth-order valence-electron chi connectivity index (χ4n) is 4.79. The van der Waals surface area contributed by atoms with Gasteiger partial charge in [-0.15, -0.1) is 0 Å². The number of rotatable bonds is 7. The molecule has 30 heavy (non-hydrogen) atoms. The minimum absolute atomic E-state index is 0.0390. The van der Waals surface area contributed by atoms with Gasteiger partial charge in [0.05, 0.1) is 6.61 Å². The smallest absolute Gasteiger partial charge is 0.263 e. The van der Waals surface area contributed by atoms with Gasteiger partial charge in [-0.25, -0.2) is 0 Å². The van der Waals surface area contributed by atoms with E-state index in [-0.39, 0.29) is 23.6 Å². The van der Waals surface area contributed by atoms with Gasteiger partial charge in [0.2, 0.25) is 0 Å². The number of nitrogens with one attached hydrogen (secondary N) is 2. The van der Waals surface area contributed by atoms with Crippen molar-refractivity contribution >= 4 is 5.91 Å². The average Bonchev–Trinajstić information content (AvgIpc) is 2.77. The lowest BCUT2D eigenvalue weighted by Gasteiger charge is -2.43. The Morgan fingerprint density at radius 1 is 1.17 bits per heavy atom. The van der Waals surface area contributed by atoms with E-state index in [4.69, 9.17) is 0 Å². The summed E-state index contributed by atoms with van der Waals surface area (Å²) in [6, 6.07) is 11.1. The van der Waals surface area contributed by atoms with Crippen molar-refractivity contribution in [3.8, 4) is 0 Å². The number of aliphatic hydroxyl groups is 1. The largest absolute Gasteiger partial charge is 0.392 e. The van der Waals surface area contributed by atoms with Gasteiger partial charge in [0, 0.05) is 50.9 Å². The molecular weight excluding hydrogens is 380 g/mol. The lowest BCUT2D eigenvalue weighted by Crippen LogP contribution is -2.49. The van der Waals surface area contributed by atoms with Crippen molar-refractivity contribution in [3.63, 3.8) is 0 Å². The molecule has 1 amide bonds. The number of aromatic nitrogens is 1. The number of hydrogen-bond donors (Lipinski definition) is 3. The third kappa shape index (κ3) is 4.33. The number of carbonyl (C=O) groups excluding carboxylic acids is 1. The standard InChI is InChI=1S/C23H30N4O3/c1-24-7-8-26-12-18-10-19(14-26)21-6-5-20(23(30)27(21)13-18)22(29)25-11-16-3-2-4-17(9-16)15-28/h2-6,9,18-19,24,28H,7-8,10-15H2,1H3,(H,25,29)/t18-,19+/m0/s1. The number of hydrogen-bond acceptors (Lipinski definition) is 5. The number of nitrogens with zero attached hydrogens (tertiary/aromatic N) is 2. The van der Waals surface area contributed by atoms with Crippen molar-refractivity contribution in [2.24, 2.45) is 5.92 Å². The molecule has 7 heteroatoms. The van der Waals surface area contributed by atoms with Gasteiger partial charge in [-0.1, -0.05) is 24.3 Å². The molecule has 1 aromatic heterocycles. The number of piperidine rings is 1. The Morgan fingerprint density at radius 3 is 2.80 bits per heavy atom. The maximum atomic E-state index is 13.1. The van der Waals surface area contributed by atoms with Crippen LogP contribution in [0, 0.1) is 5.92 Å². The van der Waals surface area contributed by atoms with Crippen LogP contribution in [0.15, 0.2) is 41.2 Å². The molecule has 1 saturated heterocycles. The Bertz CT molecular complexity index is 971. The third-order valence-electron chi connectivity index (χ3n) is 6.23. The van der Waals surface area contributed by atoms with Crippen LogP contribution < -0.4 is 16.2 Å². The van der Waals surface area contributed by atoms with E-state index in [2.05, 4.69) is 15.5 Å². The topological polar surface area (TPSA) is 86.6 Å². The fraction of sp³-hybridized carbons (Fsp3) is 0.478. The van der Waals surface area contributed by atoms with E-state index in [1.165, 1.54) is 0 Å². The van der Waals surface area contributed by atoms with Gasteiger partial charge in [0.1, 0.15) is 5.56 Å². The number of likely N-dealkylation sites (tertiary alicyclic amines) is 1. The summed E-state index contributed by atoms with van der Waals surface area (Å²) < 4.78 is 1.83. The van der Waals surface area contributed by atoms with Crippen LogP contribution in [0.25, 0.3) is 0 Å². The van der Waals surface area contributed by atoms with Gasteiger partial charge >= 0.3 is 0 Å². The van der Waals surface area contributed by atoms with Gasteiger partial charge in [0.15, 0.2) is 0 Å². The molecule has 4 rings (SSSR count). The molecule has 1 fully saturated rings. The molecule has 1 aromatic carbocycles. The molecule has 0 unspecified atom stereocenters. The Balaban J connectivity index is 1.48. The molecule has 0 radical (unpaired) electrons. The quantitative estimate of drug-likeness (QED) is 0.632. The van der Waals surface area contributed by atoms with E-state index < -0.39 is 0 Å². The van der Waals surface area contributed by atoms with Crippen molar-refractivity contribution in [3.05, 3.63) is 69.1 Å². The first-order chi connectivity index (χ1) is 14.6. The highest BCUT2D eigenvalue weighted by atomic mass is 16.3. The predicted molar refractivity (Wildman–Crippen MR) is 115 cm³/mol. The van der Waals surface area contributed by atoms with Gasteiger partial charge in [0.25, 0.3) is 11.5 Å². The first kappa shape index (κ1) is 20.8. The summed E-state index contributed by atoms with van der Waals surface area (Å²) >= 11 is 0. The Hall–Kier alpha value is -2.48. The van der Waals surface area contributed by atoms with E-state index in [9.17, 15) is 14.7 Å². The Labute approximate surface area is 176 Å². The average molecular weight is 411 g/mol. The molecule has 7 nitrogen and oxygen atoms in total. The van der Waals surface area contributed by atoms with Crippen molar-refractivity contribution in [1.29, 1.82) is 0 Å². The number of amides is 1. The molecule has 2 atom stereocenters. The van der Waals surface area contributed by atoms with Crippen LogP contribution in [0.3, 0.4) is 0 Å². The second-order valence-electron chi connectivity index (χ2n) is 8.41. The highest BCUT2D eigenvalue weighted by Gasteiger charge is 2.35. The van der Waals surface area contributed by atoms with Gasteiger partial charge < -0.3 is 25.2 Å². The molecule has 160 valence electrons. The number of aliphatic hydroxyl groups excluding tert-OH is 1. The summed E-state index contributed by atoms with van der Waals surface area (Å²) in [5.74, 6) is 0.446. The summed E-state index contributed by atoms with van der Waals surface area (Å²) in [4.78, 5) is 28.3. The highest BCUT2D eigenvalue weighted by molar-refractivity contribution is 5.93. The normalized spacial score (nSPS) is 20.6. The Morgan fingerprint density at radius 2 is 2.00 bits per heavy atom. The summed E-state index contributed by atoms with van der Waals surface area (Å²) in [6.07, 6.45) is 1.11. The van der Waals surface area contributed by atoms with Gasteiger partial charge in [-0.05, 0) is 42.6 Å². The third-order valence-corrected chi connectivity index (χ3v) is 6.23. The van der Waals surface area contributed by atoms with Crippen molar-refractivity contribution < 1.29 is 9.90 Å². The van der Waals surface area contributed by atoms with E-state index in [1.807, 2.05) is 41.9 Å². The molecule has 2 bridgehead atoms. The van der Waals surface area contributed by atoms with Crippen molar-refractivity contribution in [2.45, 2.75) is 32.0 Å². The molecule has 3 N–H and O–H groups in total. The van der Waals surface area contributed by atoms with Crippen LogP contribution in [0.4, 0.5) is 0 Å². The van der Waals surface area contributed by atoms with Gasteiger partial charge in [-0.3, -0.25) is 9.59 Å².